The molecule has 290 valence electrons. The van der Waals surface area contributed by atoms with E-state index in [2.05, 4.69) is 15.2 Å². The van der Waals surface area contributed by atoms with Crippen LogP contribution >= 0.6 is 11.8 Å². The molecule has 6 rings (SSSR count). The fraction of sp³-hybridized carbons (Fsp3) is 0.622. The zero-order valence-corrected chi connectivity index (χ0v) is 32.2. The van der Waals surface area contributed by atoms with E-state index in [-0.39, 0.29) is 22.2 Å². The minimum absolute atomic E-state index is 0.100. The molecule has 2 N–H and O–H groups in total. The van der Waals surface area contributed by atoms with Crippen LogP contribution < -0.4 is 15.6 Å². The number of carbonyl (C=O) groups excluding carboxylic acids is 3. The van der Waals surface area contributed by atoms with Gasteiger partial charge in [0.15, 0.2) is 6.04 Å². The molecule has 14 nitrogen and oxygen atoms in total. The quantitative estimate of drug-likeness (QED) is 0.132. The number of aromatic carboxylic acids is 1. The molecule has 4 fully saturated rings. The minimum Gasteiger partial charge on any atom is -0.477 e. The van der Waals surface area contributed by atoms with E-state index in [0.717, 1.165) is 45.1 Å². The second-order valence-electron chi connectivity index (χ2n) is 15.2. The Bertz CT molecular complexity index is 1800. The number of carboxylic acid groups (broad SMARTS) is 1. The molecule has 0 saturated carbocycles. The SMILES string of the molecule is CC(C)(C)C(=O)OCOC(=O)[C@@H]1N2C(=O)[C@@H](N=CN3CCCCCC3)[C@H]2SC1(C)C.CCn1cc(C(=O)O)c(=O)c2cc(F)c(N3CCNCC3)cc21. The number of aromatic nitrogens is 1. The summed E-state index contributed by atoms with van der Waals surface area (Å²) in [5.41, 5.74) is -0.663. The van der Waals surface area contributed by atoms with Crippen molar-refractivity contribution < 1.29 is 38.1 Å². The van der Waals surface area contributed by atoms with Gasteiger partial charge in [0, 0.05) is 62.1 Å². The molecule has 5 heterocycles. The second-order valence-corrected chi connectivity index (χ2v) is 17.0. The molecule has 0 unspecified atom stereocenters. The van der Waals surface area contributed by atoms with Crippen LogP contribution in [0.25, 0.3) is 10.9 Å². The molecular weight excluding hydrogens is 708 g/mol. The molecule has 4 saturated heterocycles. The standard InChI is InChI=1S/C21H33N3O5S.C16H18FN3O3/c1-20(2,3)19(27)29-13-28-18(26)15-21(4,5)30-17-14(16(25)24(15)17)22-12-23-10-8-6-7-9-11-23;1-2-19-9-11(16(22)23)15(21)10-7-12(17)14(8-13(10)19)20-5-3-18-4-6-20/h12,14-15,17H,6-11,13H2,1-5H3;7-9,18H,2-6H2,1H3,(H,22,23)/t14-,15+,17-;/m1./s1. The number of β-lactam (4-membered cyclic amide) rings is 1. The fourth-order valence-electron chi connectivity index (χ4n) is 6.89. The monoisotopic (exact) mass is 758 g/mol. The predicted molar refractivity (Wildman–Crippen MR) is 201 cm³/mol. The van der Waals surface area contributed by atoms with Crippen molar-refractivity contribution in [3.05, 3.63) is 39.9 Å². The molecule has 1 amide bonds. The number of esters is 2. The van der Waals surface area contributed by atoms with Gasteiger partial charge in [0.25, 0.3) is 5.91 Å². The van der Waals surface area contributed by atoms with E-state index in [1.165, 1.54) is 19.0 Å². The van der Waals surface area contributed by atoms with Crippen LogP contribution in [0, 0.1) is 11.2 Å². The Balaban J connectivity index is 0.000000211. The largest absolute Gasteiger partial charge is 0.477 e. The number of aryl methyl sites for hydroxylation is 1. The van der Waals surface area contributed by atoms with Crippen molar-refractivity contribution in [1.29, 1.82) is 0 Å². The van der Waals surface area contributed by atoms with E-state index in [1.807, 2.05) is 32.0 Å². The van der Waals surface area contributed by atoms with Gasteiger partial charge in [-0.05, 0) is 66.5 Å². The molecule has 4 aliphatic heterocycles. The fourth-order valence-corrected chi connectivity index (χ4v) is 8.50. The average Bonchev–Trinajstić information content (AvgIpc) is 3.23. The lowest BCUT2D eigenvalue weighted by Gasteiger charge is -2.41. The maximum Gasteiger partial charge on any atom is 0.341 e. The lowest BCUT2D eigenvalue weighted by Crippen LogP contribution is -2.65. The van der Waals surface area contributed by atoms with Gasteiger partial charge in [0.05, 0.1) is 23.0 Å². The summed E-state index contributed by atoms with van der Waals surface area (Å²) < 4.78 is 25.9. The van der Waals surface area contributed by atoms with Crippen molar-refractivity contribution >= 4 is 58.5 Å². The van der Waals surface area contributed by atoms with Crippen LogP contribution in [0.5, 0.6) is 0 Å². The summed E-state index contributed by atoms with van der Waals surface area (Å²) in [5.74, 6) is -2.96. The van der Waals surface area contributed by atoms with Gasteiger partial charge >= 0.3 is 17.9 Å². The van der Waals surface area contributed by atoms with Crippen LogP contribution in [0.3, 0.4) is 0 Å². The predicted octanol–water partition coefficient (Wildman–Crippen LogP) is 3.68. The summed E-state index contributed by atoms with van der Waals surface area (Å²) in [6, 6.07) is 1.62. The molecule has 2 aromatic rings. The van der Waals surface area contributed by atoms with E-state index >= 15 is 0 Å². The zero-order chi connectivity index (χ0) is 38.7. The van der Waals surface area contributed by atoms with Gasteiger partial charge in [-0.3, -0.25) is 19.4 Å². The third-order valence-corrected chi connectivity index (χ3v) is 11.4. The van der Waals surface area contributed by atoms with Crippen LogP contribution in [0.4, 0.5) is 10.1 Å². The zero-order valence-electron chi connectivity index (χ0n) is 31.4. The lowest BCUT2D eigenvalue weighted by atomic mass is 9.96. The highest BCUT2D eigenvalue weighted by molar-refractivity contribution is 8.01. The molecule has 3 atom stereocenters. The van der Waals surface area contributed by atoms with Gasteiger partial charge in [-0.15, -0.1) is 11.8 Å². The highest BCUT2D eigenvalue weighted by Gasteiger charge is 2.64. The van der Waals surface area contributed by atoms with Gasteiger partial charge in [-0.1, -0.05) is 12.8 Å². The number of benzene rings is 1. The number of hydrogen-bond acceptors (Lipinski definition) is 11. The average molecular weight is 759 g/mol. The number of amides is 1. The highest BCUT2D eigenvalue weighted by atomic mass is 32.2. The number of piperazine rings is 1. The Hall–Kier alpha value is -4.18. The molecule has 0 aliphatic carbocycles. The number of thioether (sulfide) groups is 1. The van der Waals surface area contributed by atoms with Gasteiger partial charge in [-0.25, -0.2) is 14.0 Å². The first-order chi connectivity index (χ1) is 25.0. The first-order valence-electron chi connectivity index (χ1n) is 18.2. The van der Waals surface area contributed by atoms with Crippen LogP contribution in [0.2, 0.25) is 0 Å². The molecule has 53 heavy (non-hydrogen) atoms. The Kier molecular flexibility index (Phi) is 12.4. The summed E-state index contributed by atoms with van der Waals surface area (Å²) in [5, 5.41) is 12.3. The van der Waals surface area contributed by atoms with Crippen molar-refractivity contribution in [2.24, 2.45) is 10.4 Å². The summed E-state index contributed by atoms with van der Waals surface area (Å²) in [4.78, 5) is 71.1. The maximum absolute atomic E-state index is 14.5. The number of carboxylic acids is 1. The number of likely N-dealkylation sites (tertiary alicyclic amines) is 1. The Labute approximate surface area is 313 Å². The molecule has 4 aliphatic rings. The minimum atomic E-state index is -1.30. The van der Waals surface area contributed by atoms with Crippen LogP contribution in [0.15, 0.2) is 28.1 Å². The number of halogens is 1. The smallest absolute Gasteiger partial charge is 0.341 e. The van der Waals surface area contributed by atoms with Crippen molar-refractivity contribution in [3.63, 3.8) is 0 Å². The summed E-state index contributed by atoms with van der Waals surface area (Å²) in [7, 11) is 0. The van der Waals surface area contributed by atoms with Gasteiger partial charge < -0.3 is 39.2 Å². The molecule has 1 aromatic carbocycles. The van der Waals surface area contributed by atoms with Crippen LogP contribution in [0.1, 0.15) is 77.6 Å². The summed E-state index contributed by atoms with van der Waals surface area (Å²) in [6.07, 6.45) is 7.91. The topological polar surface area (TPSA) is 163 Å². The van der Waals surface area contributed by atoms with E-state index in [0.29, 0.717) is 30.8 Å². The molecule has 0 bridgehead atoms. The molecule has 16 heteroatoms. The number of carbonyl (C=O) groups is 4. The van der Waals surface area contributed by atoms with Gasteiger partial charge in [-0.2, -0.15) is 0 Å². The highest BCUT2D eigenvalue weighted by Crippen LogP contribution is 2.52. The number of aliphatic imine (C=N–C) groups is 1. The van der Waals surface area contributed by atoms with Crippen LogP contribution in [-0.2, 0) is 30.4 Å². The number of nitrogens with one attached hydrogen (secondary N) is 1. The first kappa shape index (κ1) is 40.0. The number of fused-ring (bicyclic) bond motifs is 2. The lowest BCUT2D eigenvalue weighted by molar-refractivity contribution is -0.179. The Morgan fingerprint density at radius 2 is 1.72 bits per heavy atom. The number of pyridine rings is 1. The number of ether oxygens (including phenoxy) is 2. The van der Waals surface area contributed by atoms with E-state index < -0.39 is 58.2 Å². The molecule has 0 spiro atoms. The Morgan fingerprint density at radius 1 is 1.06 bits per heavy atom. The van der Waals surface area contributed by atoms with Gasteiger partial charge in [0.1, 0.15) is 22.8 Å². The molecular formula is C37H51FN6O8S. The molecule has 0 radical (unpaired) electrons. The van der Waals surface area contributed by atoms with E-state index in [4.69, 9.17) is 14.6 Å². The maximum atomic E-state index is 14.5. The van der Waals surface area contributed by atoms with E-state index in [9.17, 15) is 28.4 Å². The Morgan fingerprint density at radius 3 is 2.32 bits per heavy atom. The van der Waals surface area contributed by atoms with Crippen molar-refractivity contribution in [3.8, 4) is 0 Å². The first-order valence-corrected chi connectivity index (χ1v) is 19.1. The van der Waals surface area contributed by atoms with Crippen LogP contribution in [-0.4, -0.2) is 118 Å². The number of rotatable bonds is 8. The van der Waals surface area contributed by atoms with Gasteiger partial charge in [0.2, 0.25) is 12.2 Å². The van der Waals surface area contributed by atoms with Crippen molar-refractivity contribution in [2.75, 3.05) is 51.0 Å². The molecule has 1 aromatic heterocycles. The number of anilines is 1. The summed E-state index contributed by atoms with van der Waals surface area (Å²) in [6.45, 7) is 15.8. The van der Waals surface area contributed by atoms with E-state index in [1.54, 1.807) is 48.1 Å². The van der Waals surface area contributed by atoms with Crippen molar-refractivity contribution in [2.45, 2.75) is 96.0 Å². The third-order valence-electron chi connectivity index (χ3n) is 9.85. The summed E-state index contributed by atoms with van der Waals surface area (Å²) >= 11 is 1.56. The normalized spacial score (nSPS) is 22.8. The second kappa shape index (κ2) is 16.5. The number of hydrogen-bond donors (Lipinski definition) is 2. The van der Waals surface area contributed by atoms with Crippen molar-refractivity contribution in [1.82, 2.24) is 19.7 Å². The third kappa shape index (κ3) is 8.80. The number of nitrogens with zero attached hydrogens (tertiary/aromatic N) is 5.